The number of benzene rings is 3. The van der Waals surface area contributed by atoms with E-state index in [0.29, 0.717) is 34.0 Å². The number of aryl methyl sites for hydroxylation is 2. The van der Waals surface area contributed by atoms with E-state index in [9.17, 15) is 14.4 Å². The van der Waals surface area contributed by atoms with Crippen LogP contribution in [0.3, 0.4) is 0 Å². The first kappa shape index (κ1) is 26.0. The summed E-state index contributed by atoms with van der Waals surface area (Å²) in [5.41, 5.74) is 6.18. The molecule has 0 aromatic heterocycles. The predicted molar refractivity (Wildman–Crippen MR) is 136 cm³/mol. The Hall–Kier alpha value is -4.66. The molecular weight excluding hydrogens is 462 g/mol. The van der Waals surface area contributed by atoms with Gasteiger partial charge < -0.3 is 19.5 Å². The molecule has 0 spiro atoms. The number of carbonyl (C=O) groups excluding carboxylic acids is 3. The zero-order valence-electron chi connectivity index (χ0n) is 20.7. The second-order valence-corrected chi connectivity index (χ2v) is 7.87. The van der Waals surface area contributed by atoms with E-state index in [1.54, 1.807) is 61.5 Å². The van der Waals surface area contributed by atoms with Crippen molar-refractivity contribution in [1.29, 1.82) is 0 Å². The average Bonchev–Trinajstić information content (AvgIpc) is 2.89. The first-order valence-corrected chi connectivity index (χ1v) is 11.0. The second-order valence-electron chi connectivity index (χ2n) is 7.87. The molecule has 0 atom stereocenters. The number of ether oxygens (including phenoxy) is 3. The lowest BCUT2D eigenvalue weighted by atomic mass is 10.1. The lowest BCUT2D eigenvalue weighted by Gasteiger charge is -2.11. The van der Waals surface area contributed by atoms with Gasteiger partial charge in [-0.05, 0) is 86.5 Å². The van der Waals surface area contributed by atoms with Gasteiger partial charge in [0.2, 0.25) is 0 Å². The number of amides is 2. The summed E-state index contributed by atoms with van der Waals surface area (Å²) in [4.78, 5) is 36.9. The van der Waals surface area contributed by atoms with Gasteiger partial charge in [0, 0.05) is 11.3 Å². The highest BCUT2D eigenvalue weighted by atomic mass is 16.6. The summed E-state index contributed by atoms with van der Waals surface area (Å²) in [6.45, 7) is 5.52. The van der Waals surface area contributed by atoms with Crippen LogP contribution < -0.4 is 25.0 Å². The molecule has 0 heterocycles. The van der Waals surface area contributed by atoms with Gasteiger partial charge in [0.25, 0.3) is 0 Å². The van der Waals surface area contributed by atoms with Crippen molar-refractivity contribution in [3.63, 3.8) is 0 Å². The molecule has 0 unspecified atom stereocenters. The number of nitrogens with zero attached hydrogens (tertiary/aromatic N) is 1. The Kier molecular flexibility index (Phi) is 8.40. The van der Waals surface area contributed by atoms with Crippen LogP contribution in [0.5, 0.6) is 17.2 Å². The molecule has 3 aromatic rings. The van der Waals surface area contributed by atoms with Gasteiger partial charge in [-0.2, -0.15) is 5.10 Å². The number of nitrogens with one attached hydrogen (secondary N) is 2. The summed E-state index contributed by atoms with van der Waals surface area (Å²) in [5.74, 6) is -1.18. The fraction of sp³-hybridized carbons (Fsp3) is 0.185. The Balaban J connectivity index is 1.65. The minimum absolute atomic E-state index is 0.215. The molecule has 186 valence electrons. The molecule has 2 amide bonds. The third-order valence-corrected chi connectivity index (χ3v) is 5.41. The Morgan fingerprint density at radius 1 is 0.750 bits per heavy atom. The van der Waals surface area contributed by atoms with Crippen LogP contribution in [0.15, 0.2) is 65.8 Å². The quantitative estimate of drug-likeness (QED) is 0.170. The SMILES string of the molecule is COc1ccc(C(=O)Oc2ccc(C(C)=NNC(=O)C(=O)Nc3ccc(C)c(C)c3)cc2OC)cc1. The van der Waals surface area contributed by atoms with Crippen LogP contribution in [0.25, 0.3) is 0 Å². The van der Waals surface area contributed by atoms with E-state index in [4.69, 9.17) is 14.2 Å². The summed E-state index contributed by atoms with van der Waals surface area (Å²) in [6.07, 6.45) is 0. The van der Waals surface area contributed by atoms with Crippen molar-refractivity contribution in [2.75, 3.05) is 19.5 Å². The number of rotatable bonds is 7. The van der Waals surface area contributed by atoms with Crippen molar-refractivity contribution in [2.45, 2.75) is 20.8 Å². The first-order valence-electron chi connectivity index (χ1n) is 11.0. The highest BCUT2D eigenvalue weighted by molar-refractivity contribution is 6.39. The zero-order valence-corrected chi connectivity index (χ0v) is 20.7. The third-order valence-electron chi connectivity index (χ3n) is 5.41. The molecule has 0 bridgehead atoms. The fourth-order valence-corrected chi connectivity index (χ4v) is 3.12. The lowest BCUT2D eigenvalue weighted by molar-refractivity contribution is -0.136. The number of carbonyl (C=O) groups is 3. The van der Waals surface area contributed by atoms with Gasteiger partial charge in [-0.25, -0.2) is 10.2 Å². The molecule has 2 N–H and O–H groups in total. The zero-order chi connectivity index (χ0) is 26.2. The molecule has 9 heteroatoms. The normalized spacial score (nSPS) is 10.9. The standard InChI is InChI=1S/C27H27N3O6/c1-16-6-10-21(14-17(16)2)28-25(31)26(32)30-29-18(3)20-9-13-23(24(15-20)35-5)36-27(33)19-7-11-22(34-4)12-8-19/h6-15H,1-5H3,(H,28,31)(H,30,32). The Bertz CT molecular complexity index is 1320. The average molecular weight is 490 g/mol. The maximum atomic E-state index is 12.5. The molecule has 0 aliphatic rings. The molecular formula is C27H27N3O6. The van der Waals surface area contributed by atoms with E-state index >= 15 is 0 Å². The van der Waals surface area contributed by atoms with Gasteiger partial charge >= 0.3 is 17.8 Å². The largest absolute Gasteiger partial charge is 0.497 e. The molecule has 0 saturated carbocycles. The monoisotopic (exact) mass is 489 g/mol. The molecule has 9 nitrogen and oxygen atoms in total. The molecule has 0 saturated heterocycles. The number of methoxy groups -OCH3 is 2. The van der Waals surface area contributed by atoms with E-state index in [-0.39, 0.29) is 5.75 Å². The summed E-state index contributed by atoms with van der Waals surface area (Å²) in [7, 11) is 2.98. The maximum absolute atomic E-state index is 12.5. The van der Waals surface area contributed by atoms with Gasteiger partial charge in [-0.1, -0.05) is 6.07 Å². The van der Waals surface area contributed by atoms with Crippen molar-refractivity contribution in [3.8, 4) is 17.2 Å². The van der Waals surface area contributed by atoms with Crippen LogP contribution >= 0.6 is 0 Å². The van der Waals surface area contributed by atoms with Crippen molar-refractivity contribution >= 4 is 29.2 Å². The molecule has 36 heavy (non-hydrogen) atoms. The first-order chi connectivity index (χ1) is 17.2. The topological polar surface area (TPSA) is 115 Å². The van der Waals surface area contributed by atoms with Crippen molar-refractivity contribution in [3.05, 3.63) is 82.9 Å². The molecule has 0 aliphatic heterocycles. The Morgan fingerprint density at radius 2 is 1.44 bits per heavy atom. The van der Waals surface area contributed by atoms with Crippen LogP contribution in [0.4, 0.5) is 5.69 Å². The number of anilines is 1. The van der Waals surface area contributed by atoms with Gasteiger partial charge in [0.15, 0.2) is 11.5 Å². The fourth-order valence-electron chi connectivity index (χ4n) is 3.12. The molecule has 0 radical (unpaired) electrons. The van der Waals surface area contributed by atoms with Crippen molar-refractivity contribution in [2.24, 2.45) is 5.10 Å². The van der Waals surface area contributed by atoms with Gasteiger partial charge in [0.05, 0.1) is 25.5 Å². The van der Waals surface area contributed by atoms with E-state index in [2.05, 4.69) is 15.8 Å². The van der Waals surface area contributed by atoms with Crippen molar-refractivity contribution < 1.29 is 28.6 Å². The molecule has 3 rings (SSSR count). The summed E-state index contributed by atoms with van der Waals surface area (Å²) >= 11 is 0. The van der Waals surface area contributed by atoms with E-state index in [1.807, 2.05) is 19.9 Å². The lowest BCUT2D eigenvalue weighted by Crippen LogP contribution is -2.33. The summed E-state index contributed by atoms with van der Waals surface area (Å²) in [5, 5.41) is 6.54. The smallest absolute Gasteiger partial charge is 0.343 e. The van der Waals surface area contributed by atoms with E-state index in [1.165, 1.54) is 14.2 Å². The van der Waals surface area contributed by atoms with Crippen LogP contribution in [0.2, 0.25) is 0 Å². The predicted octanol–water partition coefficient (Wildman–Crippen LogP) is 4.02. The summed E-state index contributed by atoms with van der Waals surface area (Å²) in [6, 6.07) is 16.7. The number of esters is 1. The van der Waals surface area contributed by atoms with E-state index in [0.717, 1.165) is 11.1 Å². The van der Waals surface area contributed by atoms with Gasteiger partial charge in [-0.3, -0.25) is 9.59 Å². The number of hydrazone groups is 1. The minimum Gasteiger partial charge on any atom is -0.497 e. The van der Waals surface area contributed by atoms with Gasteiger partial charge in [-0.15, -0.1) is 0 Å². The van der Waals surface area contributed by atoms with Gasteiger partial charge in [0.1, 0.15) is 5.75 Å². The highest BCUT2D eigenvalue weighted by Gasteiger charge is 2.16. The number of hydrogen-bond acceptors (Lipinski definition) is 7. The Morgan fingerprint density at radius 3 is 2.08 bits per heavy atom. The minimum atomic E-state index is -0.912. The van der Waals surface area contributed by atoms with Crippen LogP contribution in [0.1, 0.15) is 34.0 Å². The maximum Gasteiger partial charge on any atom is 0.343 e. The second kappa shape index (κ2) is 11.7. The van der Waals surface area contributed by atoms with Crippen molar-refractivity contribution in [1.82, 2.24) is 5.43 Å². The van der Waals surface area contributed by atoms with Crippen LogP contribution in [-0.4, -0.2) is 37.7 Å². The van der Waals surface area contributed by atoms with Crippen LogP contribution in [0, 0.1) is 13.8 Å². The molecule has 0 aliphatic carbocycles. The number of hydrogen-bond donors (Lipinski definition) is 2. The molecule has 3 aromatic carbocycles. The van der Waals surface area contributed by atoms with Crippen LogP contribution in [-0.2, 0) is 9.59 Å². The van der Waals surface area contributed by atoms with E-state index < -0.39 is 17.8 Å². The highest BCUT2D eigenvalue weighted by Crippen LogP contribution is 2.29. The summed E-state index contributed by atoms with van der Waals surface area (Å²) < 4.78 is 15.9. The third kappa shape index (κ3) is 6.47. The molecule has 0 fully saturated rings. The Labute approximate surface area is 209 Å².